The topological polar surface area (TPSA) is 0 Å². The van der Waals surface area contributed by atoms with Gasteiger partial charge in [-0.15, -0.1) is 0 Å². The van der Waals surface area contributed by atoms with Crippen LogP contribution in [0.4, 0.5) is 0 Å². The lowest BCUT2D eigenvalue weighted by Crippen LogP contribution is -1.98. The third kappa shape index (κ3) is 1.76. The third-order valence-corrected chi connectivity index (χ3v) is 1.30. The van der Waals surface area contributed by atoms with E-state index in [1.54, 1.807) is 0 Å². The fourth-order valence-corrected chi connectivity index (χ4v) is 0.800. The summed E-state index contributed by atoms with van der Waals surface area (Å²) in [5, 5.41) is 0. The Balaban J connectivity index is 2.89. The van der Waals surface area contributed by atoms with Crippen LogP contribution < -0.4 is 5.46 Å². The minimum atomic E-state index is 0.813. The number of rotatable bonds is 1. The van der Waals surface area contributed by atoms with Crippen molar-refractivity contribution < 1.29 is 0 Å². The molecule has 1 aromatic carbocycles. The normalized spacial score (nSPS) is 10.5. The highest BCUT2D eigenvalue weighted by atomic mass is 13.9. The Morgan fingerprint density at radius 2 is 1.80 bits per heavy atom. The van der Waals surface area contributed by atoms with Crippen LogP contribution in [-0.4, -0.2) is 7.85 Å². The summed E-state index contributed by atoms with van der Waals surface area (Å²) in [6, 6.07) is 7.79. The van der Waals surface area contributed by atoms with E-state index in [4.69, 9.17) is 7.85 Å². The maximum absolute atomic E-state index is 5.50. The summed E-state index contributed by atoms with van der Waals surface area (Å²) >= 11 is 0. The molecule has 0 aliphatic heterocycles. The van der Waals surface area contributed by atoms with Crippen LogP contribution in [0.1, 0.15) is 12.5 Å². The van der Waals surface area contributed by atoms with Crippen molar-refractivity contribution in [1.82, 2.24) is 0 Å². The summed E-state index contributed by atoms with van der Waals surface area (Å²) in [6.07, 6.45) is 4.05. The van der Waals surface area contributed by atoms with Crippen LogP contribution in [0.25, 0.3) is 6.08 Å². The summed E-state index contributed by atoms with van der Waals surface area (Å²) in [6.45, 7) is 2.00. The van der Waals surface area contributed by atoms with Gasteiger partial charge in [-0.1, -0.05) is 41.9 Å². The van der Waals surface area contributed by atoms with Crippen molar-refractivity contribution in [3.63, 3.8) is 0 Å². The predicted molar refractivity (Wildman–Crippen MR) is 46.5 cm³/mol. The van der Waals surface area contributed by atoms with Gasteiger partial charge in [-0.2, -0.15) is 0 Å². The van der Waals surface area contributed by atoms with E-state index in [1.165, 1.54) is 5.56 Å². The Kier molecular flexibility index (Phi) is 2.32. The van der Waals surface area contributed by atoms with Gasteiger partial charge in [-0.3, -0.25) is 0 Å². The van der Waals surface area contributed by atoms with E-state index in [-0.39, 0.29) is 0 Å². The summed E-state index contributed by atoms with van der Waals surface area (Å²) in [7, 11) is 5.50. The van der Waals surface area contributed by atoms with Crippen molar-refractivity contribution >= 4 is 19.4 Å². The molecule has 0 spiro atoms. The number of hydrogen-bond acceptors (Lipinski definition) is 0. The molecule has 0 amide bonds. The highest BCUT2D eigenvalue weighted by molar-refractivity contribution is 6.32. The minimum absolute atomic E-state index is 0.813. The third-order valence-electron chi connectivity index (χ3n) is 1.30. The lowest BCUT2D eigenvalue weighted by molar-refractivity contribution is 1.68. The smallest absolute Gasteiger partial charge is 0.0966 e. The zero-order valence-corrected chi connectivity index (χ0v) is 6.04. The highest BCUT2D eigenvalue weighted by Crippen LogP contribution is 1.98. The quantitative estimate of drug-likeness (QED) is 0.503. The second-order valence-electron chi connectivity index (χ2n) is 2.17. The predicted octanol–water partition coefficient (Wildman–Crippen LogP) is 1.51. The molecule has 0 bridgehead atoms. The van der Waals surface area contributed by atoms with E-state index < -0.39 is 0 Å². The van der Waals surface area contributed by atoms with Crippen LogP contribution in [0, 0.1) is 0 Å². The Bertz CT molecular complexity index is 221. The van der Waals surface area contributed by atoms with Gasteiger partial charge < -0.3 is 0 Å². The van der Waals surface area contributed by atoms with E-state index in [0.29, 0.717) is 0 Å². The lowest BCUT2D eigenvalue weighted by atomic mass is 9.95. The van der Waals surface area contributed by atoms with Crippen molar-refractivity contribution in [2.75, 3.05) is 0 Å². The Morgan fingerprint density at radius 3 is 2.30 bits per heavy atom. The van der Waals surface area contributed by atoms with Crippen LogP contribution >= 0.6 is 0 Å². The molecule has 0 saturated heterocycles. The maximum atomic E-state index is 5.50. The largest absolute Gasteiger partial charge is 0.113 e. The van der Waals surface area contributed by atoms with Crippen molar-refractivity contribution in [1.29, 1.82) is 0 Å². The van der Waals surface area contributed by atoms with Gasteiger partial charge in [-0.25, -0.2) is 0 Å². The molecule has 1 rings (SSSR count). The molecule has 48 valence electrons. The van der Waals surface area contributed by atoms with E-state index in [2.05, 4.69) is 0 Å². The number of hydrogen-bond donors (Lipinski definition) is 0. The highest BCUT2D eigenvalue weighted by Gasteiger charge is 1.83. The van der Waals surface area contributed by atoms with Crippen LogP contribution in [0.2, 0.25) is 0 Å². The molecule has 10 heavy (non-hydrogen) atoms. The molecular weight excluding hydrogens is 119 g/mol. The van der Waals surface area contributed by atoms with Crippen molar-refractivity contribution in [2.45, 2.75) is 6.92 Å². The molecule has 0 aliphatic carbocycles. The van der Waals surface area contributed by atoms with Gasteiger partial charge in [-0.05, 0) is 12.5 Å². The average Bonchev–Trinajstić information content (AvgIpc) is 1.95. The second kappa shape index (κ2) is 3.26. The molecule has 0 unspecified atom stereocenters. The molecule has 2 radical (unpaired) electrons. The van der Waals surface area contributed by atoms with E-state index in [9.17, 15) is 0 Å². The fourth-order valence-electron chi connectivity index (χ4n) is 0.800. The Labute approximate surface area is 63.0 Å². The molecule has 0 aliphatic rings. The minimum Gasteiger partial charge on any atom is -0.0966 e. The molecule has 0 nitrogen and oxygen atoms in total. The molecule has 0 heterocycles. The SMILES string of the molecule is [B]c1ccc(/C=C/C)cc1. The van der Waals surface area contributed by atoms with E-state index >= 15 is 0 Å². The van der Waals surface area contributed by atoms with Crippen LogP contribution in [0.15, 0.2) is 30.3 Å². The van der Waals surface area contributed by atoms with Crippen LogP contribution in [0.5, 0.6) is 0 Å². The molecule has 0 aromatic heterocycles. The summed E-state index contributed by atoms with van der Waals surface area (Å²) < 4.78 is 0. The van der Waals surface area contributed by atoms with Gasteiger partial charge in [0.05, 0.1) is 0 Å². The second-order valence-corrected chi connectivity index (χ2v) is 2.17. The zero-order valence-electron chi connectivity index (χ0n) is 6.04. The van der Waals surface area contributed by atoms with Gasteiger partial charge in [0.1, 0.15) is 7.85 Å². The number of allylic oxidation sites excluding steroid dienone is 1. The first-order chi connectivity index (χ1) is 4.83. The monoisotopic (exact) mass is 128 g/mol. The summed E-state index contributed by atoms with van der Waals surface area (Å²) in [4.78, 5) is 0. The van der Waals surface area contributed by atoms with Crippen LogP contribution in [-0.2, 0) is 0 Å². The first kappa shape index (κ1) is 7.14. The summed E-state index contributed by atoms with van der Waals surface area (Å²) in [5.74, 6) is 0. The first-order valence-electron chi connectivity index (χ1n) is 3.31. The van der Waals surface area contributed by atoms with Gasteiger partial charge >= 0.3 is 0 Å². The van der Waals surface area contributed by atoms with Gasteiger partial charge in [0.15, 0.2) is 0 Å². The molecule has 0 atom stereocenters. The lowest BCUT2D eigenvalue weighted by Gasteiger charge is -1.92. The maximum Gasteiger partial charge on any atom is 0.113 e. The molecule has 0 saturated carbocycles. The standard InChI is InChI=1S/C9H9B/c1-2-3-8-4-6-9(10)7-5-8/h2-7H,1H3/b3-2+. The number of benzene rings is 1. The molecule has 1 heteroatoms. The van der Waals surface area contributed by atoms with Crippen molar-refractivity contribution in [3.05, 3.63) is 35.9 Å². The molecular formula is C9H9B. The van der Waals surface area contributed by atoms with Gasteiger partial charge in [0.2, 0.25) is 0 Å². The zero-order chi connectivity index (χ0) is 7.40. The molecule has 0 N–H and O–H groups in total. The van der Waals surface area contributed by atoms with Crippen LogP contribution in [0.3, 0.4) is 0 Å². The van der Waals surface area contributed by atoms with Crippen molar-refractivity contribution in [2.24, 2.45) is 0 Å². The van der Waals surface area contributed by atoms with E-state index in [1.807, 2.05) is 43.3 Å². The molecule has 1 aromatic rings. The first-order valence-corrected chi connectivity index (χ1v) is 3.31. The summed E-state index contributed by atoms with van der Waals surface area (Å²) in [5.41, 5.74) is 2.00. The fraction of sp³-hybridized carbons (Fsp3) is 0.111. The van der Waals surface area contributed by atoms with Gasteiger partial charge in [0.25, 0.3) is 0 Å². The van der Waals surface area contributed by atoms with Crippen molar-refractivity contribution in [3.8, 4) is 0 Å². The Hall–Kier alpha value is -0.975. The van der Waals surface area contributed by atoms with Gasteiger partial charge in [0, 0.05) is 0 Å². The molecule has 0 fully saturated rings. The van der Waals surface area contributed by atoms with E-state index in [0.717, 1.165) is 5.46 Å². The Morgan fingerprint density at radius 1 is 1.20 bits per heavy atom. The average molecular weight is 128 g/mol.